The van der Waals surface area contributed by atoms with Crippen LogP contribution >= 0.6 is 0 Å². The van der Waals surface area contributed by atoms with E-state index in [0.29, 0.717) is 17.7 Å². The predicted octanol–water partition coefficient (Wildman–Crippen LogP) is 0.244. The molecule has 1 amide bonds. The molecule has 0 spiro atoms. The topological polar surface area (TPSA) is 50.2 Å². The highest BCUT2D eigenvalue weighted by Gasteiger charge is 2.38. The summed E-state index contributed by atoms with van der Waals surface area (Å²) in [4.78, 5) is 14.4. The lowest BCUT2D eigenvalue weighted by Crippen LogP contribution is -2.48. The van der Waals surface area contributed by atoms with Crippen LogP contribution in [0.15, 0.2) is 12.3 Å². The SMILES string of the molecule is Cn1ccc(C(=O)N2CCCC3CNCC32)n1. The molecule has 0 aromatic carbocycles. The van der Waals surface area contributed by atoms with E-state index < -0.39 is 0 Å². The molecule has 5 nitrogen and oxygen atoms in total. The Morgan fingerprint density at radius 2 is 2.41 bits per heavy atom. The van der Waals surface area contributed by atoms with Crippen LogP contribution in [0.2, 0.25) is 0 Å². The zero-order valence-corrected chi connectivity index (χ0v) is 10.1. The number of rotatable bonds is 1. The molecular formula is C12H18N4O. The first-order chi connectivity index (χ1) is 8.25. The van der Waals surface area contributed by atoms with Gasteiger partial charge in [-0.2, -0.15) is 5.10 Å². The summed E-state index contributed by atoms with van der Waals surface area (Å²) in [7, 11) is 1.84. The van der Waals surface area contributed by atoms with Gasteiger partial charge in [0.1, 0.15) is 5.69 Å². The van der Waals surface area contributed by atoms with Gasteiger partial charge in [-0.15, -0.1) is 0 Å². The minimum atomic E-state index is 0.0870. The van der Waals surface area contributed by atoms with Crippen LogP contribution in [0, 0.1) is 5.92 Å². The molecule has 1 aromatic heterocycles. The highest BCUT2D eigenvalue weighted by molar-refractivity contribution is 5.92. The number of hydrogen-bond acceptors (Lipinski definition) is 3. The monoisotopic (exact) mass is 234 g/mol. The van der Waals surface area contributed by atoms with Gasteiger partial charge in [0.25, 0.3) is 5.91 Å². The van der Waals surface area contributed by atoms with Crippen LogP contribution in [0.3, 0.4) is 0 Å². The van der Waals surface area contributed by atoms with Crippen molar-refractivity contribution >= 4 is 5.91 Å². The highest BCUT2D eigenvalue weighted by Crippen LogP contribution is 2.27. The second kappa shape index (κ2) is 4.14. The average Bonchev–Trinajstić information content (AvgIpc) is 2.95. The maximum Gasteiger partial charge on any atom is 0.274 e. The van der Waals surface area contributed by atoms with Gasteiger partial charge in [-0.05, 0) is 24.8 Å². The second-order valence-corrected chi connectivity index (χ2v) is 5.00. The lowest BCUT2D eigenvalue weighted by atomic mass is 9.92. The fourth-order valence-electron chi connectivity index (χ4n) is 3.00. The maximum absolute atomic E-state index is 12.4. The van der Waals surface area contributed by atoms with Crippen LogP contribution in [-0.4, -0.2) is 46.3 Å². The summed E-state index contributed by atoms with van der Waals surface area (Å²) >= 11 is 0. The van der Waals surface area contributed by atoms with Gasteiger partial charge in [-0.1, -0.05) is 0 Å². The molecule has 17 heavy (non-hydrogen) atoms. The molecule has 0 bridgehead atoms. The van der Waals surface area contributed by atoms with Crippen molar-refractivity contribution in [2.75, 3.05) is 19.6 Å². The third kappa shape index (κ3) is 1.84. The van der Waals surface area contributed by atoms with Crippen LogP contribution < -0.4 is 5.32 Å². The first-order valence-corrected chi connectivity index (χ1v) is 6.27. The van der Waals surface area contributed by atoms with Crippen molar-refractivity contribution in [3.63, 3.8) is 0 Å². The number of likely N-dealkylation sites (tertiary alicyclic amines) is 1. The Hall–Kier alpha value is -1.36. The van der Waals surface area contributed by atoms with Crippen molar-refractivity contribution < 1.29 is 4.79 Å². The summed E-state index contributed by atoms with van der Waals surface area (Å²) in [6.07, 6.45) is 4.17. The standard InChI is InChI=1S/C12H18N4O/c1-15-6-4-10(14-15)12(17)16-5-2-3-9-7-13-8-11(9)16/h4,6,9,11,13H,2-3,5,7-8H2,1H3. The molecule has 2 aliphatic heterocycles. The molecule has 2 atom stereocenters. The number of nitrogens with zero attached hydrogens (tertiary/aromatic N) is 3. The second-order valence-electron chi connectivity index (χ2n) is 5.00. The number of nitrogens with one attached hydrogen (secondary N) is 1. The zero-order chi connectivity index (χ0) is 11.8. The van der Waals surface area contributed by atoms with E-state index >= 15 is 0 Å². The maximum atomic E-state index is 12.4. The van der Waals surface area contributed by atoms with Crippen molar-refractivity contribution in [2.45, 2.75) is 18.9 Å². The molecule has 0 aliphatic carbocycles. The van der Waals surface area contributed by atoms with Crippen molar-refractivity contribution in [1.82, 2.24) is 20.0 Å². The Balaban J connectivity index is 1.81. The van der Waals surface area contributed by atoms with Crippen LogP contribution in [0.25, 0.3) is 0 Å². The molecule has 3 rings (SSSR count). The number of amides is 1. The predicted molar refractivity (Wildman–Crippen MR) is 63.6 cm³/mol. The van der Waals surface area contributed by atoms with Crippen LogP contribution in [0.4, 0.5) is 0 Å². The van der Waals surface area contributed by atoms with Gasteiger partial charge in [-0.3, -0.25) is 9.48 Å². The van der Waals surface area contributed by atoms with E-state index in [0.717, 1.165) is 26.1 Å². The summed E-state index contributed by atoms with van der Waals surface area (Å²) in [5.41, 5.74) is 0.569. The number of carbonyl (C=O) groups is 1. The minimum absolute atomic E-state index is 0.0870. The van der Waals surface area contributed by atoms with Crippen LogP contribution in [-0.2, 0) is 7.05 Å². The number of piperidine rings is 1. The summed E-state index contributed by atoms with van der Waals surface area (Å²) in [6.45, 7) is 2.86. The molecule has 2 fully saturated rings. The fourth-order valence-corrected chi connectivity index (χ4v) is 3.00. The quantitative estimate of drug-likeness (QED) is 0.757. The normalized spacial score (nSPS) is 28.2. The smallest absolute Gasteiger partial charge is 0.274 e. The van der Waals surface area contributed by atoms with Crippen molar-refractivity contribution in [3.05, 3.63) is 18.0 Å². The molecule has 1 aromatic rings. The highest BCUT2D eigenvalue weighted by atomic mass is 16.2. The van der Waals surface area contributed by atoms with E-state index in [4.69, 9.17) is 0 Å². The number of carbonyl (C=O) groups excluding carboxylic acids is 1. The molecule has 5 heteroatoms. The Labute approximate surface area is 101 Å². The van der Waals surface area contributed by atoms with Crippen molar-refractivity contribution in [3.8, 4) is 0 Å². The third-order valence-electron chi connectivity index (χ3n) is 3.87. The summed E-state index contributed by atoms with van der Waals surface area (Å²) in [5.74, 6) is 0.723. The van der Waals surface area contributed by atoms with E-state index in [1.807, 2.05) is 18.1 Å². The van der Waals surface area contributed by atoms with Gasteiger partial charge in [0.05, 0.1) is 0 Å². The molecule has 0 radical (unpaired) electrons. The van der Waals surface area contributed by atoms with Gasteiger partial charge in [0.15, 0.2) is 0 Å². The molecule has 1 N–H and O–H groups in total. The lowest BCUT2D eigenvalue weighted by molar-refractivity contribution is 0.0568. The van der Waals surface area contributed by atoms with Crippen LogP contribution in [0.5, 0.6) is 0 Å². The van der Waals surface area contributed by atoms with E-state index in [-0.39, 0.29) is 5.91 Å². The van der Waals surface area contributed by atoms with Crippen LogP contribution in [0.1, 0.15) is 23.3 Å². The molecule has 2 saturated heterocycles. The van der Waals surface area contributed by atoms with E-state index in [9.17, 15) is 4.79 Å². The molecule has 92 valence electrons. The Kier molecular flexibility index (Phi) is 2.63. The molecule has 3 heterocycles. The Morgan fingerprint density at radius 1 is 1.53 bits per heavy atom. The zero-order valence-electron chi connectivity index (χ0n) is 10.1. The Morgan fingerprint density at radius 3 is 3.18 bits per heavy atom. The first kappa shape index (κ1) is 10.8. The lowest BCUT2D eigenvalue weighted by Gasteiger charge is -2.36. The van der Waals surface area contributed by atoms with E-state index in [1.54, 1.807) is 10.7 Å². The minimum Gasteiger partial charge on any atom is -0.333 e. The van der Waals surface area contributed by atoms with Gasteiger partial charge in [0.2, 0.25) is 0 Å². The van der Waals surface area contributed by atoms with E-state index in [2.05, 4.69) is 10.4 Å². The van der Waals surface area contributed by atoms with Crippen molar-refractivity contribution in [2.24, 2.45) is 13.0 Å². The molecular weight excluding hydrogens is 216 g/mol. The fraction of sp³-hybridized carbons (Fsp3) is 0.667. The summed E-state index contributed by atoms with van der Waals surface area (Å²) in [5, 5.41) is 7.59. The summed E-state index contributed by atoms with van der Waals surface area (Å²) < 4.78 is 1.68. The largest absolute Gasteiger partial charge is 0.333 e. The number of fused-ring (bicyclic) bond motifs is 1. The number of aromatic nitrogens is 2. The van der Waals surface area contributed by atoms with Gasteiger partial charge < -0.3 is 10.2 Å². The van der Waals surface area contributed by atoms with Gasteiger partial charge >= 0.3 is 0 Å². The van der Waals surface area contributed by atoms with E-state index in [1.165, 1.54) is 6.42 Å². The van der Waals surface area contributed by atoms with Gasteiger partial charge in [0, 0.05) is 38.9 Å². The Bertz CT molecular complexity index is 428. The molecule has 0 saturated carbocycles. The number of hydrogen-bond donors (Lipinski definition) is 1. The molecule has 2 unspecified atom stereocenters. The first-order valence-electron chi connectivity index (χ1n) is 6.27. The van der Waals surface area contributed by atoms with Gasteiger partial charge in [-0.25, -0.2) is 0 Å². The number of aryl methyl sites for hydroxylation is 1. The third-order valence-corrected chi connectivity index (χ3v) is 3.87. The average molecular weight is 234 g/mol. The molecule has 2 aliphatic rings. The van der Waals surface area contributed by atoms with Crippen molar-refractivity contribution in [1.29, 1.82) is 0 Å². The summed E-state index contributed by atoms with van der Waals surface area (Å²) in [6, 6.07) is 2.17.